The van der Waals surface area contributed by atoms with E-state index in [1.165, 1.54) is 0 Å². The largest absolute Gasteiger partial charge is 0.329 e. The van der Waals surface area contributed by atoms with E-state index in [0.29, 0.717) is 13.0 Å². The first-order valence-electron chi connectivity index (χ1n) is 4.67. The zero-order chi connectivity index (χ0) is 10.6. The molecule has 76 valence electrons. The first kappa shape index (κ1) is 11.4. The molecular formula is C11H14BrNO. The standard InChI is InChI=1S/C11H14BrNO/c1-2-11(14)10(7-13)8-3-5-9(12)6-4-8/h3-6,10H,2,7,13H2,1H3/t10-/m1/s1. The number of nitrogens with two attached hydrogens (primary N) is 1. The van der Waals surface area contributed by atoms with Crippen LogP contribution in [0.3, 0.4) is 0 Å². The van der Waals surface area contributed by atoms with Gasteiger partial charge in [0.2, 0.25) is 0 Å². The van der Waals surface area contributed by atoms with Crippen LogP contribution in [0.25, 0.3) is 0 Å². The quantitative estimate of drug-likeness (QED) is 0.899. The lowest BCUT2D eigenvalue weighted by Gasteiger charge is -2.12. The minimum absolute atomic E-state index is 0.145. The minimum atomic E-state index is -0.145. The van der Waals surface area contributed by atoms with Crippen LogP contribution in [0.2, 0.25) is 0 Å². The van der Waals surface area contributed by atoms with E-state index in [1.54, 1.807) is 0 Å². The van der Waals surface area contributed by atoms with Crippen LogP contribution in [0, 0.1) is 0 Å². The van der Waals surface area contributed by atoms with Crippen LogP contribution in [-0.4, -0.2) is 12.3 Å². The van der Waals surface area contributed by atoms with Gasteiger partial charge in [0.15, 0.2) is 0 Å². The number of hydrogen-bond donors (Lipinski definition) is 1. The van der Waals surface area contributed by atoms with E-state index in [4.69, 9.17) is 5.73 Å². The molecule has 2 N–H and O–H groups in total. The van der Waals surface area contributed by atoms with Crippen molar-refractivity contribution in [1.82, 2.24) is 0 Å². The maximum absolute atomic E-state index is 11.5. The van der Waals surface area contributed by atoms with Gasteiger partial charge in [-0.05, 0) is 17.7 Å². The van der Waals surface area contributed by atoms with Gasteiger partial charge in [-0.25, -0.2) is 0 Å². The summed E-state index contributed by atoms with van der Waals surface area (Å²) in [6.45, 7) is 2.25. The zero-order valence-electron chi connectivity index (χ0n) is 8.16. The molecule has 1 atom stereocenters. The molecule has 1 aromatic rings. The van der Waals surface area contributed by atoms with Gasteiger partial charge in [0.1, 0.15) is 5.78 Å². The van der Waals surface area contributed by atoms with Crippen molar-refractivity contribution in [2.75, 3.05) is 6.54 Å². The molecular weight excluding hydrogens is 242 g/mol. The third-order valence-electron chi connectivity index (χ3n) is 2.25. The van der Waals surface area contributed by atoms with Gasteiger partial charge < -0.3 is 5.73 Å². The average molecular weight is 256 g/mol. The number of halogens is 1. The van der Waals surface area contributed by atoms with Gasteiger partial charge in [0.05, 0.1) is 5.92 Å². The second kappa shape index (κ2) is 5.27. The van der Waals surface area contributed by atoms with Crippen molar-refractivity contribution in [2.45, 2.75) is 19.3 Å². The lowest BCUT2D eigenvalue weighted by molar-refractivity contribution is -0.120. The fourth-order valence-electron chi connectivity index (χ4n) is 1.39. The van der Waals surface area contributed by atoms with Gasteiger partial charge >= 0.3 is 0 Å². The molecule has 0 spiro atoms. The Morgan fingerprint density at radius 1 is 1.43 bits per heavy atom. The highest BCUT2D eigenvalue weighted by molar-refractivity contribution is 9.10. The van der Waals surface area contributed by atoms with Gasteiger partial charge in [-0.2, -0.15) is 0 Å². The maximum atomic E-state index is 11.5. The average Bonchev–Trinajstić information content (AvgIpc) is 2.21. The van der Waals surface area contributed by atoms with Crippen LogP contribution in [0.15, 0.2) is 28.7 Å². The van der Waals surface area contributed by atoms with E-state index in [1.807, 2.05) is 31.2 Å². The second-order valence-corrected chi connectivity index (χ2v) is 4.08. The van der Waals surface area contributed by atoms with Crippen LogP contribution in [0.1, 0.15) is 24.8 Å². The predicted molar refractivity (Wildman–Crippen MR) is 61.2 cm³/mol. The smallest absolute Gasteiger partial charge is 0.141 e. The Morgan fingerprint density at radius 3 is 2.43 bits per heavy atom. The molecule has 0 saturated carbocycles. The summed E-state index contributed by atoms with van der Waals surface area (Å²) in [5.74, 6) is 0.0583. The summed E-state index contributed by atoms with van der Waals surface area (Å²) >= 11 is 3.35. The number of Topliss-reactive ketones (excluding diaryl/α,β-unsaturated/α-hetero) is 1. The molecule has 0 unspecified atom stereocenters. The molecule has 0 amide bonds. The summed E-state index contributed by atoms with van der Waals surface area (Å²) in [5, 5.41) is 0. The Bertz CT molecular complexity index is 308. The highest BCUT2D eigenvalue weighted by atomic mass is 79.9. The highest BCUT2D eigenvalue weighted by Crippen LogP contribution is 2.19. The Hall–Kier alpha value is -0.670. The summed E-state index contributed by atoms with van der Waals surface area (Å²) < 4.78 is 1.01. The fraction of sp³-hybridized carbons (Fsp3) is 0.364. The second-order valence-electron chi connectivity index (χ2n) is 3.16. The number of rotatable bonds is 4. The molecule has 1 aromatic carbocycles. The molecule has 0 aliphatic carbocycles. The monoisotopic (exact) mass is 255 g/mol. The molecule has 2 nitrogen and oxygen atoms in total. The summed E-state index contributed by atoms with van der Waals surface area (Å²) in [6, 6.07) is 7.74. The molecule has 0 radical (unpaired) electrons. The molecule has 0 heterocycles. The molecule has 0 aliphatic heterocycles. The lowest BCUT2D eigenvalue weighted by Crippen LogP contribution is -2.20. The molecule has 0 saturated heterocycles. The van der Waals surface area contributed by atoms with Crippen molar-refractivity contribution in [1.29, 1.82) is 0 Å². The van der Waals surface area contributed by atoms with Crippen LogP contribution < -0.4 is 5.73 Å². The first-order valence-corrected chi connectivity index (χ1v) is 5.46. The normalized spacial score (nSPS) is 12.5. The third-order valence-corrected chi connectivity index (χ3v) is 2.77. The molecule has 3 heteroatoms. The zero-order valence-corrected chi connectivity index (χ0v) is 9.75. The molecule has 0 fully saturated rings. The minimum Gasteiger partial charge on any atom is -0.329 e. The van der Waals surface area contributed by atoms with Crippen LogP contribution in [0.5, 0.6) is 0 Å². The van der Waals surface area contributed by atoms with Crippen molar-refractivity contribution >= 4 is 21.7 Å². The predicted octanol–water partition coefficient (Wildman–Crippen LogP) is 2.47. The van der Waals surface area contributed by atoms with E-state index in [2.05, 4.69) is 15.9 Å². The van der Waals surface area contributed by atoms with Gasteiger partial charge in [0.25, 0.3) is 0 Å². The van der Waals surface area contributed by atoms with E-state index in [9.17, 15) is 4.79 Å². The Morgan fingerprint density at radius 2 is 2.00 bits per heavy atom. The molecule has 0 aliphatic rings. The van der Waals surface area contributed by atoms with Crippen LogP contribution in [0.4, 0.5) is 0 Å². The number of carbonyl (C=O) groups excluding carboxylic acids is 1. The van der Waals surface area contributed by atoms with E-state index in [-0.39, 0.29) is 11.7 Å². The molecule has 1 rings (SSSR count). The molecule has 0 aromatic heterocycles. The number of hydrogen-bond acceptors (Lipinski definition) is 2. The topological polar surface area (TPSA) is 43.1 Å². The van der Waals surface area contributed by atoms with Crippen molar-refractivity contribution in [3.05, 3.63) is 34.3 Å². The van der Waals surface area contributed by atoms with Gasteiger partial charge in [-0.3, -0.25) is 4.79 Å². The molecule has 14 heavy (non-hydrogen) atoms. The van der Waals surface area contributed by atoms with E-state index < -0.39 is 0 Å². The Kier molecular flexibility index (Phi) is 4.29. The number of carbonyl (C=O) groups is 1. The first-order chi connectivity index (χ1) is 6.69. The number of benzene rings is 1. The van der Waals surface area contributed by atoms with Gasteiger partial charge in [0, 0.05) is 17.4 Å². The summed E-state index contributed by atoms with van der Waals surface area (Å²) in [7, 11) is 0. The number of ketones is 1. The van der Waals surface area contributed by atoms with E-state index >= 15 is 0 Å². The van der Waals surface area contributed by atoms with Crippen molar-refractivity contribution in [3.63, 3.8) is 0 Å². The maximum Gasteiger partial charge on any atom is 0.141 e. The van der Waals surface area contributed by atoms with Gasteiger partial charge in [-0.1, -0.05) is 35.0 Å². The highest BCUT2D eigenvalue weighted by Gasteiger charge is 2.16. The summed E-state index contributed by atoms with van der Waals surface area (Å²) in [6.07, 6.45) is 0.540. The Balaban J connectivity index is 2.89. The van der Waals surface area contributed by atoms with Crippen molar-refractivity contribution in [2.24, 2.45) is 5.73 Å². The third kappa shape index (κ3) is 2.66. The summed E-state index contributed by atoms with van der Waals surface area (Å²) in [5.41, 5.74) is 6.59. The van der Waals surface area contributed by atoms with Crippen LogP contribution >= 0.6 is 15.9 Å². The molecule has 0 bridgehead atoms. The summed E-state index contributed by atoms with van der Waals surface area (Å²) in [4.78, 5) is 11.5. The fourth-order valence-corrected chi connectivity index (χ4v) is 1.66. The van der Waals surface area contributed by atoms with E-state index in [0.717, 1.165) is 10.0 Å². The van der Waals surface area contributed by atoms with Crippen molar-refractivity contribution in [3.8, 4) is 0 Å². The van der Waals surface area contributed by atoms with Crippen molar-refractivity contribution < 1.29 is 4.79 Å². The SMILES string of the molecule is CCC(=O)[C@H](CN)c1ccc(Br)cc1. The Labute approximate surface area is 92.6 Å². The van der Waals surface area contributed by atoms with Crippen LogP contribution in [-0.2, 0) is 4.79 Å². The van der Waals surface area contributed by atoms with Gasteiger partial charge in [-0.15, -0.1) is 0 Å². The lowest BCUT2D eigenvalue weighted by atomic mass is 9.94.